The highest BCUT2D eigenvalue weighted by atomic mass is 35.5. The van der Waals surface area contributed by atoms with Gasteiger partial charge in [-0.1, -0.05) is 11.6 Å². The molecule has 5 heteroatoms. The van der Waals surface area contributed by atoms with Crippen LogP contribution < -0.4 is 10.1 Å². The maximum Gasteiger partial charge on any atom is 0.119 e. The van der Waals surface area contributed by atoms with E-state index in [-0.39, 0.29) is 12.4 Å². The lowest BCUT2D eigenvalue weighted by atomic mass is 10.1. The molecule has 0 aliphatic carbocycles. The molecule has 1 atom stereocenters. The van der Waals surface area contributed by atoms with Gasteiger partial charge in [-0.05, 0) is 63.7 Å². The van der Waals surface area contributed by atoms with Crippen molar-refractivity contribution in [3.63, 3.8) is 0 Å². The molecule has 0 saturated carbocycles. The van der Waals surface area contributed by atoms with E-state index < -0.39 is 0 Å². The van der Waals surface area contributed by atoms with Gasteiger partial charge in [-0.2, -0.15) is 0 Å². The molecule has 0 radical (unpaired) electrons. The van der Waals surface area contributed by atoms with Gasteiger partial charge in [0.25, 0.3) is 0 Å². The Kier molecular flexibility index (Phi) is 8.31. The first-order valence-corrected chi connectivity index (χ1v) is 7.43. The van der Waals surface area contributed by atoms with Crippen molar-refractivity contribution < 1.29 is 4.74 Å². The second kappa shape index (κ2) is 9.46. The first-order chi connectivity index (χ1) is 9.25. The number of hydrogen-bond donors (Lipinski definition) is 1. The number of hydrogen-bond acceptors (Lipinski definition) is 3. The van der Waals surface area contributed by atoms with Crippen LogP contribution in [0.1, 0.15) is 19.3 Å². The molecule has 1 heterocycles. The van der Waals surface area contributed by atoms with Crippen LogP contribution in [-0.4, -0.2) is 44.2 Å². The molecule has 1 aromatic rings. The maximum atomic E-state index is 5.84. The van der Waals surface area contributed by atoms with Gasteiger partial charge >= 0.3 is 0 Å². The van der Waals surface area contributed by atoms with Crippen molar-refractivity contribution >= 4 is 24.0 Å². The highest BCUT2D eigenvalue weighted by Crippen LogP contribution is 2.16. The lowest BCUT2D eigenvalue weighted by molar-refractivity contribution is 0.180. The summed E-state index contributed by atoms with van der Waals surface area (Å²) in [5.74, 6) is 0.889. The summed E-state index contributed by atoms with van der Waals surface area (Å²) >= 11 is 5.84. The van der Waals surface area contributed by atoms with Crippen LogP contribution in [0.25, 0.3) is 0 Å². The van der Waals surface area contributed by atoms with Crippen LogP contribution >= 0.6 is 24.0 Å². The number of rotatable bonds is 5. The number of ether oxygens (including phenoxy) is 1. The zero-order valence-corrected chi connectivity index (χ0v) is 13.6. The van der Waals surface area contributed by atoms with Crippen LogP contribution in [0.5, 0.6) is 5.75 Å². The van der Waals surface area contributed by atoms with Crippen molar-refractivity contribution in [2.24, 2.45) is 0 Å². The lowest BCUT2D eigenvalue weighted by Crippen LogP contribution is -2.35. The van der Waals surface area contributed by atoms with Crippen molar-refractivity contribution in [2.45, 2.75) is 25.3 Å². The number of nitrogens with one attached hydrogen (secondary N) is 1. The van der Waals surface area contributed by atoms with Crippen LogP contribution in [0, 0.1) is 0 Å². The Morgan fingerprint density at radius 3 is 2.75 bits per heavy atom. The summed E-state index contributed by atoms with van der Waals surface area (Å²) in [5, 5.41) is 4.19. The molecule has 2 rings (SSSR count). The Balaban J connectivity index is 0.00000200. The predicted molar refractivity (Wildman–Crippen MR) is 87.3 cm³/mol. The Bertz CT molecular complexity index is 365. The average Bonchev–Trinajstić information content (AvgIpc) is 2.70. The predicted octanol–water partition coefficient (Wildman–Crippen LogP) is 3.21. The third kappa shape index (κ3) is 5.88. The molecule has 1 unspecified atom stereocenters. The molecule has 1 aromatic carbocycles. The van der Waals surface area contributed by atoms with Gasteiger partial charge in [0.2, 0.25) is 0 Å². The monoisotopic (exact) mass is 318 g/mol. The summed E-state index contributed by atoms with van der Waals surface area (Å²) < 4.78 is 5.74. The van der Waals surface area contributed by atoms with Crippen molar-refractivity contribution in [3.05, 3.63) is 29.3 Å². The Labute approximate surface area is 133 Å². The molecule has 1 aliphatic heterocycles. The summed E-state index contributed by atoms with van der Waals surface area (Å²) in [7, 11) is 2.20. The van der Waals surface area contributed by atoms with Crippen LogP contribution in [0.15, 0.2) is 24.3 Å². The Hall–Kier alpha value is -0.480. The molecule has 114 valence electrons. The molecule has 0 bridgehead atoms. The molecule has 1 saturated heterocycles. The molecule has 0 spiro atoms. The molecule has 0 amide bonds. The second-order valence-electron chi connectivity index (χ2n) is 5.12. The molecule has 0 aromatic heterocycles. The normalized spacial score (nSPS) is 19.2. The van der Waals surface area contributed by atoms with Gasteiger partial charge in [-0.3, -0.25) is 4.90 Å². The highest BCUT2D eigenvalue weighted by Gasteiger charge is 2.16. The van der Waals surface area contributed by atoms with E-state index in [1.807, 2.05) is 24.3 Å². The zero-order chi connectivity index (χ0) is 13.5. The standard InChI is InChI=1S/C15H23ClN2O.ClH/c1-18(14-3-2-9-17-10-8-14)11-12-19-15-6-4-13(16)5-7-15;/h4-7,14,17H,2-3,8-12H2,1H3;1H. The van der Waals surface area contributed by atoms with Gasteiger partial charge < -0.3 is 10.1 Å². The van der Waals surface area contributed by atoms with Crippen molar-refractivity contribution in [1.82, 2.24) is 10.2 Å². The van der Waals surface area contributed by atoms with Crippen LogP contribution in [-0.2, 0) is 0 Å². The Morgan fingerprint density at radius 2 is 2.00 bits per heavy atom. The molecular weight excluding hydrogens is 295 g/mol. The van der Waals surface area contributed by atoms with Gasteiger partial charge in [-0.25, -0.2) is 0 Å². The Morgan fingerprint density at radius 1 is 1.25 bits per heavy atom. The van der Waals surface area contributed by atoms with Crippen LogP contribution in [0.4, 0.5) is 0 Å². The quantitative estimate of drug-likeness (QED) is 0.902. The summed E-state index contributed by atoms with van der Waals surface area (Å²) in [6.07, 6.45) is 3.79. The fraction of sp³-hybridized carbons (Fsp3) is 0.600. The molecule has 20 heavy (non-hydrogen) atoms. The summed E-state index contributed by atoms with van der Waals surface area (Å²) in [4.78, 5) is 2.42. The second-order valence-corrected chi connectivity index (χ2v) is 5.55. The first kappa shape index (κ1) is 17.6. The molecule has 1 N–H and O–H groups in total. The third-order valence-corrected chi connectivity index (χ3v) is 3.95. The fourth-order valence-corrected chi connectivity index (χ4v) is 2.59. The SMILES string of the molecule is CN(CCOc1ccc(Cl)cc1)C1CCCNCC1.Cl. The van der Waals surface area contributed by atoms with E-state index in [1.54, 1.807) is 0 Å². The van der Waals surface area contributed by atoms with Gasteiger partial charge in [0.1, 0.15) is 12.4 Å². The van der Waals surface area contributed by atoms with Crippen LogP contribution in [0.2, 0.25) is 5.02 Å². The van der Waals surface area contributed by atoms with E-state index in [1.165, 1.54) is 19.3 Å². The summed E-state index contributed by atoms with van der Waals surface area (Å²) in [6, 6.07) is 8.23. The first-order valence-electron chi connectivity index (χ1n) is 7.05. The van der Waals surface area contributed by atoms with E-state index in [0.717, 1.165) is 37.0 Å². The van der Waals surface area contributed by atoms with Gasteiger partial charge in [0.05, 0.1) is 0 Å². The van der Waals surface area contributed by atoms with E-state index in [4.69, 9.17) is 16.3 Å². The van der Waals surface area contributed by atoms with E-state index >= 15 is 0 Å². The average molecular weight is 319 g/mol. The topological polar surface area (TPSA) is 24.5 Å². The van der Waals surface area contributed by atoms with Gasteiger partial charge in [0.15, 0.2) is 0 Å². The third-order valence-electron chi connectivity index (χ3n) is 3.69. The number of nitrogens with zero attached hydrogens (tertiary/aromatic N) is 1. The molecule has 1 fully saturated rings. The van der Waals surface area contributed by atoms with Crippen molar-refractivity contribution in [2.75, 3.05) is 33.3 Å². The van der Waals surface area contributed by atoms with Gasteiger partial charge in [-0.15, -0.1) is 12.4 Å². The maximum absolute atomic E-state index is 5.84. The van der Waals surface area contributed by atoms with Crippen LogP contribution in [0.3, 0.4) is 0 Å². The van der Waals surface area contributed by atoms with E-state index in [9.17, 15) is 0 Å². The number of halogens is 2. The largest absolute Gasteiger partial charge is 0.492 e. The minimum Gasteiger partial charge on any atom is -0.492 e. The molecular formula is C15H24Cl2N2O. The lowest BCUT2D eigenvalue weighted by Gasteiger charge is -2.26. The van der Waals surface area contributed by atoms with Crippen molar-refractivity contribution in [1.29, 1.82) is 0 Å². The fourth-order valence-electron chi connectivity index (χ4n) is 2.46. The highest BCUT2D eigenvalue weighted by molar-refractivity contribution is 6.30. The number of benzene rings is 1. The summed E-state index contributed by atoms with van der Waals surface area (Å²) in [6.45, 7) is 3.98. The molecule has 1 aliphatic rings. The number of likely N-dealkylation sites (N-methyl/N-ethyl adjacent to an activating group) is 1. The minimum atomic E-state index is 0. The molecule has 3 nitrogen and oxygen atoms in total. The minimum absolute atomic E-state index is 0. The zero-order valence-electron chi connectivity index (χ0n) is 12.0. The smallest absolute Gasteiger partial charge is 0.119 e. The van der Waals surface area contributed by atoms with Crippen molar-refractivity contribution in [3.8, 4) is 5.75 Å². The summed E-state index contributed by atoms with van der Waals surface area (Å²) in [5.41, 5.74) is 0. The van der Waals surface area contributed by atoms with E-state index in [0.29, 0.717) is 6.04 Å². The van der Waals surface area contributed by atoms with E-state index in [2.05, 4.69) is 17.3 Å². The van der Waals surface area contributed by atoms with Gasteiger partial charge in [0, 0.05) is 17.6 Å².